The highest BCUT2D eigenvalue weighted by atomic mass is 16.1. The summed E-state index contributed by atoms with van der Waals surface area (Å²) in [4.78, 5) is 16.0. The summed E-state index contributed by atoms with van der Waals surface area (Å²) in [5, 5.41) is 14.2. The summed E-state index contributed by atoms with van der Waals surface area (Å²) in [5.74, 6) is 0. The van der Waals surface area contributed by atoms with E-state index >= 15 is 0 Å². The molecule has 7 nitrogen and oxygen atoms in total. The molecule has 7 heteroatoms. The second kappa shape index (κ2) is 7.20. The fraction of sp³-hybridized carbons (Fsp3) is 0.0833. The van der Waals surface area contributed by atoms with Crippen LogP contribution in [0.4, 0.5) is 5.69 Å². The van der Waals surface area contributed by atoms with Crippen LogP contribution in [0.5, 0.6) is 0 Å². The summed E-state index contributed by atoms with van der Waals surface area (Å²) in [6.07, 6.45) is 1.78. The molecule has 0 unspecified atom stereocenters. The van der Waals surface area contributed by atoms with Gasteiger partial charge in [-0.2, -0.15) is 10.2 Å². The van der Waals surface area contributed by atoms with Crippen LogP contribution in [0, 0.1) is 6.57 Å². The number of aryl methyl sites for hydroxylation is 1. The first-order valence-electron chi connectivity index (χ1n) is 9.75. The molecule has 3 aromatic carbocycles. The minimum Gasteiger partial charge on any atom is -0.325 e. The van der Waals surface area contributed by atoms with Crippen molar-refractivity contribution in [3.63, 3.8) is 0 Å². The van der Waals surface area contributed by atoms with E-state index in [0.29, 0.717) is 22.2 Å². The van der Waals surface area contributed by atoms with Gasteiger partial charge in [-0.15, -0.1) is 0 Å². The summed E-state index contributed by atoms with van der Waals surface area (Å²) in [6.45, 7) is 8.05. The van der Waals surface area contributed by atoms with Gasteiger partial charge in [-0.1, -0.05) is 42.5 Å². The van der Waals surface area contributed by atoms with Gasteiger partial charge in [0, 0.05) is 30.1 Å². The van der Waals surface area contributed by atoms with Gasteiger partial charge in [0.1, 0.15) is 0 Å². The van der Waals surface area contributed by atoms with Gasteiger partial charge >= 0.3 is 0 Å². The Morgan fingerprint density at radius 2 is 1.90 bits per heavy atom. The quantitative estimate of drug-likeness (QED) is 0.440. The monoisotopic (exact) mass is 406 g/mol. The number of nitrogens with two attached hydrogens (primary N) is 1. The topological polar surface area (TPSA) is 93.9 Å². The maximum atomic E-state index is 12.2. The Balaban J connectivity index is 1.79. The zero-order valence-electron chi connectivity index (χ0n) is 16.8. The van der Waals surface area contributed by atoms with Crippen molar-refractivity contribution in [3.8, 4) is 22.4 Å². The highest BCUT2D eigenvalue weighted by molar-refractivity contribution is 6.04. The number of rotatable bonds is 3. The lowest BCUT2D eigenvalue weighted by Gasteiger charge is -2.12. The molecule has 2 aromatic heterocycles. The summed E-state index contributed by atoms with van der Waals surface area (Å²) in [6, 6.07) is 17.4. The first kappa shape index (κ1) is 18.7. The van der Waals surface area contributed by atoms with E-state index in [4.69, 9.17) is 12.3 Å². The molecule has 0 saturated heterocycles. The number of hydrogen-bond acceptors (Lipinski definition) is 4. The first-order chi connectivity index (χ1) is 15.1. The highest BCUT2D eigenvalue weighted by Gasteiger charge is 2.19. The zero-order valence-corrected chi connectivity index (χ0v) is 16.8. The van der Waals surface area contributed by atoms with Gasteiger partial charge in [0.25, 0.3) is 5.56 Å². The number of nitrogens with one attached hydrogen (secondary N) is 1. The summed E-state index contributed by atoms with van der Waals surface area (Å²) < 4.78 is 1.78. The Bertz CT molecular complexity index is 1570. The third-order valence-electron chi connectivity index (χ3n) is 5.58. The van der Waals surface area contributed by atoms with E-state index < -0.39 is 0 Å². The van der Waals surface area contributed by atoms with E-state index in [0.717, 1.165) is 33.2 Å². The van der Waals surface area contributed by atoms with Gasteiger partial charge in [0.15, 0.2) is 0 Å². The summed E-state index contributed by atoms with van der Waals surface area (Å²) in [5.41, 5.74) is 10.2. The Hall–Kier alpha value is -4.28. The van der Waals surface area contributed by atoms with E-state index in [1.54, 1.807) is 16.9 Å². The molecular formula is C24H18N6O. The van der Waals surface area contributed by atoms with Gasteiger partial charge in [-0.05, 0) is 28.5 Å². The molecule has 0 fully saturated rings. The molecular weight excluding hydrogens is 388 g/mol. The number of nitrogens with zero attached hydrogens (tertiary/aromatic N) is 4. The van der Waals surface area contributed by atoms with Crippen molar-refractivity contribution in [2.24, 2.45) is 12.8 Å². The molecule has 3 N–H and O–H groups in total. The molecule has 0 saturated carbocycles. The van der Waals surface area contributed by atoms with Crippen molar-refractivity contribution < 1.29 is 0 Å². The largest absolute Gasteiger partial charge is 0.325 e. The Labute approximate surface area is 177 Å². The lowest BCUT2D eigenvalue weighted by molar-refractivity contribution is 0.776. The zero-order chi connectivity index (χ0) is 21.5. The minimum absolute atomic E-state index is 0.211. The standard InChI is InChI=1S/C24H18N6O/c1-26-22-16-6-4-3-5-14(16)7-10-18(22)23-20(13-27-30(23)2)15-8-9-17-19(11-15)21(12-25)28-29-24(17)31/h3-11,13H,12,25H2,2H3,(H,29,31). The Kier molecular flexibility index (Phi) is 4.35. The average molecular weight is 406 g/mol. The van der Waals surface area contributed by atoms with Gasteiger partial charge in [0.2, 0.25) is 5.69 Å². The van der Waals surface area contributed by atoms with E-state index in [1.165, 1.54) is 0 Å². The summed E-state index contributed by atoms with van der Waals surface area (Å²) in [7, 11) is 1.86. The van der Waals surface area contributed by atoms with E-state index in [9.17, 15) is 4.79 Å². The molecule has 5 rings (SSSR count). The number of hydrogen-bond donors (Lipinski definition) is 2. The van der Waals surface area contributed by atoms with Crippen LogP contribution in [0.25, 0.3) is 48.8 Å². The van der Waals surface area contributed by atoms with Crippen molar-refractivity contribution in [2.45, 2.75) is 6.54 Å². The highest BCUT2D eigenvalue weighted by Crippen LogP contribution is 2.41. The second-order valence-corrected chi connectivity index (χ2v) is 7.29. The van der Waals surface area contributed by atoms with Crippen LogP contribution >= 0.6 is 0 Å². The normalized spacial score (nSPS) is 11.1. The third kappa shape index (κ3) is 2.89. The SMILES string of the molecule is [C-]#[N+]c1c(-c2c(-c3ccc4c(=O)[nH]nc(CN)c4c3)cnn2C)ccc2ccccc12. The number of aromatic nitrogens is 4. The fourth-order valence-corrected chi connectivity index (χ4v) is 4.08. The van der Waals surface area contributed by atoms with Crippen molar-refractivity contribution >= 4 is 27.2 Å². The maximum Gasteiger partial charge on any atom is 0.272 e. The predicted molar refractivity (Wildman–Crippen MR) is 122 cm³/mol. The summed E-state index contributed by atoms with van der Waals surface area (Å²) >= 11 is 0. The lowest BCUT2D eigenvalue weighted by Crippen LogP contribution is -2.13. The van der Waals surface area contributed by atoms with Crippen molar-refractivity contribution in [3.05, 3.63) is 88.3 Å². The molecule has 2 heterocycles. The number of aromatic amines is 1. The Morgan fingerprint density at radius 1 is 1.06 bits per heavy atom. The first-order valence-corrected chi connectivity index (χ1v) is 9.75. The molecule has 31 heavy (non-hydrogen) atoms. The number of H-pyrrole nitrogens is 1. The van der Waals surface area contributed by atoms with Gasteiger partial charge in [-0.3, -0.25) is 9.48 Å². The van der Waals surface area contributed by atoms with Gasteiger partial charge in [0.05, 0.1) is 29.5 Å². The smallest absolute Gasteiger partial charge is 0.272 e. The van der Waals surface area contributed by atoms with Crippen LogP contribution in [0.15, 0.2) is 65.6 Å². The van der Waals surface area contributed by atoms with Crippen molar-refractivity contribution in [2.75, 3.05) is 0 Å². The maximum absolute atomic E-state index is 12.2. The molecule has 0 aliphatic rings. The van der Waals surface area contributed by atoms with E-state index in [1.807, 2.05) is 55.6 Å². The van der Waals surface area contributed by atoms with Gasteiger partial charge in [-0.25, -0.2) is 9.94 Å². The number of fused-ring (bicyclic) bond motifs is 2. The van der Waals surface area contributed by atoms with Crippen LogP contribution in [-0.4, -0.2) is 20.0 Å². The van der Waals surface area contributed by atoms with Crippen LogP contribution in [0.1, 0.15) is 5.69 Å². The van der Waals surface area contributed by atoms with Crippen LogP contribution in [-0.2, 0) is 13.6 Å². The lowest BCUT2D eigenvalue weighted by atomic mass is 9.96. The van der Waals surface area contributed by atoms with E-state index in [-0.39, 0.29) is 12.1 Å². The van der Waals surface area contributed by atoms with E-state index in [2.05, 4.69) is 20.1 Å². The minimum atomic E-state index is -0.255. The molecule has 150 valence electrons. The molecule has 0 amide bonds. The molecule has 0 aliphatic carbocycles. The van der Waals surface area contributed by atoms with Crippen molar-refractivity contribution in [1.82, 2.24) is 20.0 Å². The van der Waals surface area contributed by atoms with Crippen molar-refractivity contribution in [1.29, 1.82) is 0 Å². The fourth-order valence-electron chi connectivity index (χ4n) is 4.08. The van der Waals surface area contributed by atoms with Crippen LogP contribution in [0.2, 0.25) is 0 Å². The molecule has 5 aromatic rings. The molecule has 0 aliphatic heterocycles. The van der Waals surface area contributed by atoms with Gasteiger partial charge < -0.3 is 5.73 Å². The van der Waals surface area contributed by atoms with Crippen LogP contribution in [0.3, 0.4) is 0 Å². The molecule has 0 atom stereocenters. The average Bonchev–Trinajstić information content (AvgIpc) is 3.19. The Morgan fingerprint density at radius 3 is 2.71 bits per heavy atom. The second-order valence-electron chi connectivity index (χ2n) is 7.29. The molecule has 0 radical (unpaired) electrons. The predicted octanol–water partition coefficient (Wildman–Crippen LogP) is 4.15. The molecule has 0 bridgehead atoms. The number of benzene rings is 3. The third-order valence-corrected chi connectivity index (χ3v) is 5.58. The van der Waals surface area contributed by atoms with Crippen LogP contribution < -0.4 is 11.3 Å². The molecule has 0 spiro atoms.